The van der Waals surface area contributed by atoms with Gasteiger partial charge in [-0.3, -0.25) is 20.2 Å². The summed E-state index contributed by atoms with van der Waals surface area (Å²) in [6, 6.07) is -1.09. The SMILES string of the molecule is CCC(C)C(NC(=O)CNC(=O)C(C)NN)C(C)=O. The van der Waals surface area contributed by atoms with E-state index in [2.05, 4.69) is 16.1 Å². The molecule has 0 saturated heterocycles. The zero-order valence-electron chi connectivity index (χ0n) is 11.9. The third kappa shape index (κ3) is 6.30. The van der Waals surface area contributed by atoms with E-state index in [1.165, 1.54) is 6.92 Å². The number of nitrogens with one attached hydrogen (secondary N) is 3. The number of hydrogen-bond acceptors (Lipinski definition) is 5. The van der Waals surface area contributed by atoms with Crippen LogP contribution in [0.3, 0.4) is 0 Å². The van der Waals surface area contributed by atoms with Gasteiger partial charge in [0.1, 0.15) is 0 Å². The molecule has 0 bridgehead atoms. The quantitative estimate of drug-likeness (QED) is 0.337. The fraction of sp³-hybridized carbons (Fsp3) is 0.750. The first-order chi connectivity index (χ1) is 8.83. The molecule has 5 N–H and O–H groups in total. The lowest BCUT2D eigenvalue weighted by Gasteiger charge is -2.22. The maximum absolute atomic E-state index is 11.7. The van der Waals surface area contributed by atoms with Gasteiger partial charge in [0, 0.05) is 0 Å². The lowest BCUT2D eigenvalue weighted by molar-refractivity contribution is -0.129. The summed E-state index contributed by atoms with van der Waals surface area (Å²) in [6.07, 6.45) is 0.783. The van der Waals surface area contributed by atoms with Gasteiger partial charge in [-0.1, -0.05) is 20.3 Å². The van der Waals surface area contributed by atoms with Crippen molar-refractivity contribution in [3.63, 3.8) is 0 Å². The van der Waals surface area contributed by atoms with Gasteiger partial charge in [0.15, 0.2) is 5.78 Å². The van der Waals surface area contributed by atoms with Gasteiger partial charge in [0.25, 0.3) is 0 Å². The van der Waals surface area contributed by atoms with E-state index in [0.717, 1.165) is 6.42 Å². The Kier molecular flexibility index (Phi) is 7.94. The van der Waals surface area contributed by atoms with Gasteiger partial charge in [-0.15, -0.1) is 0 Å². The van der Waals surface area contributed by atoms with E-state index >= 15 is 0 Å². The lowest BCUT2D eigenvalue weighted by Crippen LogP contribution is -2.51. The lowest BCUT2D eigenvalue weighted by atomic mass is 9.96. The number of hydrogen-bond donors (Lipinski definition) is 4. The monoisotopic (exact) mass is 272 g/mol. The molecule has 0 aromatic heterocycles. The first-order valence-corrected chi connectivity index (χ1v) is 6.37. The highest BCUT2D eigenvalue weighted by molar-refractivity contribution is 5.91. The molecule has 110 valence electrons. The van der Waals surface area contributed by atoms with Crippen LogP contribution in [0.2, 0.25) is 0 Å². The van der Waals surface area contributed by atoms with E-state index in [0.29, 0.717) is 0 Å². The molecular weight excluding hydrogens is 248 g/mol. The Balaban J connectivity index is 4.28. The summed E-state index contributed by atoms with van der Waals surface area (Å²) in [5.74, 6) is 4.30. The zero-order chi connectivity index (χ0) is 15.0. The summed E-state index contributed by atoms with van der Waals surface area (Å²) in [7, 11) is 0. The molecule has 0 aliphatic carbocycles. The highest BCUT2D eigenvalue weighted by atomic mass is 16.2. The summed E-state index contributed by atoms with van der Waals surface area (Å²) < 4.78 is 0. The van der Waals surface area contributed by atoms with Crippen LogP contribution in [0.15, 0.2) is 0 Å². The average Bonchev–Trinajstić information content (AvgIpc) is 2.39. The molecule has 0 aliphatic heterocycles. The van der Waals surface area contributed by atoms with Crippen LogP contribution >= 0.6 is 0 Å². The normalized spacial score (nSPS) is 15.2. The number of rotatable bonds is 8. The van der Waals surface area contributed by atoms with Crippen LogP contribution in [0, 0.1) is 5.92 Å². The summed E-state index contributed by atoms with van der Waals surface area (Å²) in [5.41, 5.74) is 2.28. The summed E-state index contributed by atoms with van der Waals surface area (Å²) >= 11 is 0. The summed E-state index contributed by atoms with van der Waals surface area (Å²) in [4.78, 5) is 34.5. The van der Waals surface area contributed by atoms with E-state index < -0.39 is 18.0 Å². The zero-order valence-corrected chi connectivity index (χ0v) is 11.9. The maximum atomic E-state index is 11.7. The van der Waals surface area contributed by atoms with Crippen LogP contribution in [0.1, 0.15) is 34.1 Å². The standard InChI is InChI=1S/C12H24N4O3/c1-5-7(2)11(9(4)17)15-10(18)6-14-12(19)8(3)16-13/h7-8,11,16H,5-6,13H2,1-4H3,(H,14,19)(H,15,18). The van der Waals surface area contributed by atoms with Crippen LogP contribution in [-0.4, -0.2) is 36.2 Å². The minimum absolute atomic E-state index is 0.0572. The highest BCUT2D eigenvalue weighted by Crippen LogP contribution is 2.08. The van der Waals surface area contributed by atoms with Gasteiger partial charge in [-0.25, -0.2) is 5.43 Å². The van der Waals surface area contributed by atoms with Gasteiger partial charge < -0.3 is 10.6 Å². The van der Waals surface area contributed by atoms with Crippen molar-refractivity contribution in [1.82, 2.24) is 16.1 Å². The van der Waals surface area contributed by atoms with Gasteiger partial charge in [0.2, 0.25) is 11.8 Å². The van der Waals surface area contributed by atoms with Crippen molar-refractivity contribution in [3.8, 4) is 0 Å². The van der Waals surface area contributed by atoms with Gasteiger partial charge >= 0.3 is 0 Å². The van der Waals surface area contributed by atoms with Gasteiger partial charge in [-0.2, -0.15) is 0 Å². The number of amides is 2. The van der Waals surface area contributed by atoms with Crippen molar-refractivity contribution in [2.75, 3.05) is 6.54 Å². The third-order valence-corrected chi connectivity index (χ3v) is 3.03. The fourth-order valence-electron chi connectivity index (χ4n) is 1.50. The number of hydrazine groups is 1. The van der Waals surface area contributed by atoms with E-state index in [1.54, 1.807) is 6.92 Å². The molecule has 0 fully saturated rings. The molecule has 19 heavy (non-hydrogen) atoms. The Hall–Kier alpha value is -1.47. The Morgan fingerprint density at radius 1 is 1.21 bits per heavy atom. The van der Waals surface area contributed by atoms with Crippen LogP contribution in [0.25, 0.3) is 0 Å². The van der Waals surface area contributed by atoms with Crippen LogP contribution in [-0.2, 0) is 14.4 Å². The Morgan fingerprint density at radius 3 is 2.21 bits per heavy atom. The van der Waals surface area contributed by atoms with Crippen LogP contribution < -0.4 is 21.9 Å². The Labute approximate surface area is 113 Å². The first kappa shape index (κ1) is 17.5. The van der Waals surface area contributed by atoms with Crippen molar-refractivity contribution in [1.29, 1.82) is 0 Å². The van der Waals surface area contributed by atoms with Crippen LogP contribution in [0.4, 0.5) is 0 Å². The molecule has 0 aliphatic rings. The second-order valence-corrected chi connectivity index (χ2v) is 4.65. The fourth-order valence-corrected chi connectivity index (χ4v) is 1.50. The molecule has 0 aromatic carbocycles. The molecule has 0 rings (SSSR count). The smallest absolute Gasteiger partial charge is 0.239 e. The number of Topliss-reactive ketones (excluding diaryl/α,β-unsaturated/α-hetero) is 1. The van der Waals surface area contributed by atoms with Gasteiger partial charge in [-0.05, 0) is 19.8 Å². The van der Waals surface area contributed by atoms with Crippen molar-refractivity contribution in [3.05, 3.63) is 0 Å². The van der Waals surface area contributed by atoms with E-state index in [4.69, 9.17) is 5.84 Å². The molecule has 3 atom stereocenters. The highest BCUT2D eigenvalue weighted by Gasteiger charge is 2.22. The number of nitrogens with two attached hydrogens (primary N) is 1. The Bertz CT molecular complexity index is 333. The van der Waals surface area contributed by atoms with Crippen molar-refractivity contribution < 1.29 is 14.4 Å². The van der Waals surface area contributed by atoms with E-state index in [9.17, 15) is 14.4 Å². The van der Waals surface area contributed by atoms with Crippen molar-refractivity contribution >= 4 is 17.6 Å². The van der Waals surface area contributed by atoms with Crippen molar-refractivity contribution in [2.24, 2.45) is 11.8 Å². The molecular formula is C12H24N4O3. The number of ketones is 1. The topological polar surface area (TPSA) is 113 Å². The number of carbonyl (C=O) groups excluding carboxylic acids is 3. The molecule has 2 amide bonds. The first-order valence-electron chi connectivity index (χ1n) is 6.37. The third-order valence-electron chi connectivity index (χ3n) is 3.03. The van der Waals surface area contributed by atoms with Gasteiger partial charge in [0.05, 0.1) is 18.6 Å². The summed E-state index contributed by atoms with van der Waals surface area (Å²) in [5, 5.41) is 5.05. The second kappa shape index (κ2) is 8.60. The largest absolute Gasteiger partial charge is 0.346 e. The van der Waals surface area contributed by atoms with E-state index in [1.807, 2.05) is 13.8 Å². The maximum Gasteiger partial charge on any atom is 0.239 e. The van der Waals surface area contributed by atoms with Crippen molar-refractivity contribution in [2.45, 2.75) is 46.2 Å². The molecule has 0 spiro atoms. The molecule has 0 saturated carbocycles. The molecule has 0 heterocycles. The minimum atomic E-state index is -0.578. The molecule has 7 nitrogen and oxygen atoms in total. The second-order valence-electron chi connectivity index (χ2n) is 4.65. The number of carbonyl (C=O) groups is 3. The minimum Gasteiger partial charge on any atom is -0.346 e. The predicted molar refractivity (Wildman–Crippen MR) is 71.9 cm³/mol. The molecule has 7 heteroatoms. The van der Waals surface area contributed by atoms with Crippen LogP contribution in [0.5, 0.6) is 0 Å². The Morgan fingerprint density at radius 2 is 1.79 bits per heavy atom. The molecule has 0 radical (unpaired) electrons. The predicted octanol–water partition coefficient (Wildman–Crippen LogP) is -0.926. The average molecular weight is 272 g/mol. The van der Waals surface area contributed by atoms with E-state index in [-0.39, 0.29) is 24.2 Å². The molecule has 3 unspecified atom stereocenters. The molecule has 0 aromatic rings. The summed E-state index contributed by atoms with van der Waals surface area (Å²) in [6.45, 7) is 6.68.